The van der Waals surface area contributed by atoms with E-state index in [1.165, 1.54) is 46.2 Å². The van der Waals surface area contributed by atoms with Crippen molar-refractivity contribution in [1.29, 1.82) is 0 Å². The summed E-state index contributed by atoms with van der Waals surface area (Å²) in [6.45, 7) is 6.70. The lowest BCUT2D eigenvalue weighted by molar-refractivity contribution is 0.246. The maximum atomic E-state index is 12.5. The summed E-state index contributed by atoms with van der Waals surface area (Å²) in [5, 5.41) is 5.26. The summed E-state index contributed by atoms with van der Waals surface area (Å²) in [6.07, 6.45) is 4.85. The monoisotopic (exact) mass is 588 g/mol. The Morgan fingerprint density at radius 3 is 2.24 bits per heavy atom. The third kappa shape index (κ3) is 5.50. The van der Waals surface area contributed by atoms with Gasteiger partial charge in [-0.25, -0.2) is 9.97 Å². The standard InChI is InChI=1S/C13H18N2O2S2.C8H7BrN2OS2/c1-5-6-15-12(16)11-10(14-13(15)18-4)9(7-19-11)17-8(2)3;1-11-7(12)6-5(4(9)3-14-6)10-8(11)13-2/h7-8H,5-6H2,1-4H3;3H,1-2H3. The maximum absolute atomic E-state index is 12.5. The Balaban J connectivity index is 0.000000194. The van der Waals surface area contributed by atoms with Crippen molar-refractivity contribution >= 4 is 82.6 Å². The lowest BCUT2D eigenvalue weighted by atomic mass is 10.4. The molecule has 0 aliphatic rings. The van der Waals surface area contributed by atoms with Gasteiger partial charge in [0.1, 0.15) is 20.4 Å². The van der Waals surface area contributed by atoms with Crippen LogP contribution in [0.25, 0.3) is 20.4 Å². The van der Waals surface area contributed by atoms with Crippen molar-refractivity contribution in [2.75, 3.05) is 12.5 Å². The van der Waals surface area contributed by atoms with Gasteiger partial charge < -0.3 is 4.74 Å². The molecule has 12 heteroatoms. The summed E-state index contributed by atoms with van der Waals surface area (Å²) in [5.41, 5.74) is 1.53. The zero-order valence-electron chi connectivity index (χ0n) is 19.2. The first-order chi connectivity index (χ1) is 15.7. The minimum absolute atomic E-state index is 0.0232. The van der Waals surface area contributed by atoms with Gasteiger partial charge in [-0.1, -0.05) is 30.4 Å². The van der Waals surface area contributed by atoms with Crippen LogP contribution >= 0.6 is 62.1 Å². The summed E-state index contributed by atoms with van der Waals surface area (Å²) in [6, 6.07) is 0. The molecular formula is C21H25BrN4O3S4. The van der Waals surface area contributed by atoms with Crippen molar-refractivity contribution in [2.45, 2.75) is 50.2 Å². The average molecular weight is 590 g/mol. The molecule has 0 aliphatic carbocycles. The lowest BCUT2D eigenvalue weighted by Gasteiger charge is -2.11. The highest BCUT2D eigenvalue weighted by Crippen LogP contribution is 2.31. The van der Waals surface area contributed by atoms with Crippen LogP contribution in [0.5, 0.6) is 5.75 Å². The molecule has 4 aromatic heterocycles. The highest BCUT2D eigenvalue weighted by atomic mass is 79.9. The molecule has 0 unspecified atom stereocenters. The van der Waals surface area contributed by atoms with E-state index in [1.807, 2.05) is 37.1 Å². The van der Waals surface area contributed by atoms with Crippen molar-refractivity contribution in [3.8, 4) is 5.75 Å². The second-order valence-electron chi connectivity index (χ2n) is 7.22. The van der Waals surface area contributed by atoms with Crippen LogP contribution in [-0.2, 0) is 13.6 Å². The second-order valence-corrected chi connectivity index (χ2v) is 11.4. The first-order valence-electron chi connectivity index (χ1n) is 10.1. The third-order valence-electron chi connectivity index (χ3n) is 4.50. The Labute approximate surface area is 216 Å². The summed E-state index contributed by atoms with van der Waals surface area (Å²) in [7, 11) is 1.74. The van der Waals surface area contributed by atoms with Gasteiger partial charge in [-0.15, -0.1) is 22.7 Å². The largest absolute Gasteiger partial charge is 0.488 e. The van der Waals surface area contributed by atoms with Gasteiger partial charge in [-0.3, -0.25) is 18.7 Å². The van der Waals surface area contributed by atoms with Crippen LogP contribution in [-0.4, -0.2) is 37.7 Å². The van der Waals surface area contributed by atoms with E-state index in [4.69, 9.17) is 4.74 Å². The van der Waals surface area contributed by atoms with E-state index in [0.29, 0.717) is 27.2 Å². The van der Waals surface area contributed by atoms with E-state index in [-0.39, 0.29) is 17.2 Å². The molecule has 0 saturated heterocycles. The number of thiophene rings is 2. The number of nitrogens with zero attached hydrogens (tertiary/aromatic N) is 4. The van der Waals surface area contributed by atoms with Gasteiger partial charge >= 0.3 is 0 Å². The average Bonchev–Trinajstić information content (AvgIpc) is 3.36. The van der Waals surface area contributed by atoms with Crippen LogP contribution in [0.3, 0.4) is 0 Å². The van der Waals surface area contributed by atoms with Crippen molar-refractivity contribution in [3.63, 3.8) is 0 Å². The molecule has 0 fully saturated rings. The maximum Gasteiger partial charge on any atom is 0.272 e. The van der Waals surface area contributed by atoms with Gasteiger partial charge in [-0.05, 0) is 48.7 Å². The molecule has 4 aromatic rings. The number of hydrogen-bond acceptors (Lipinski definition) is 9. The summed E-state index contributed by atoms with van der Waals surface area (Å²) in [4.78, 5) is 33.3. The Morgan fingerprint density at radius 2 is 1.64 bits per heavy atom. The van der Waals surface area contributed by atoms with E-state index in [1.54, 1.807) is 16.2 Å². The molecule has 7 nitrogen and oxygen atoms in total. The van der Waals surface area contributed by atoms with E-state index >= 15 is 0 Å². The number of rotatable bonds is 6. The molecular weight excluding hydrogens is 564 g/mol. The summed E-state index contributed by atoms with van der Waals surface area (Å²) >= 11 is 9.18. The molecule has 178 valence electrons. The van der Waals surface area contributed by atoms with Gasteiger partial charge in [0, 0.05) is 24.4 Å². The zero-order chi connectivity index (χ0) is 24.3. The van der Waals surface area contributed by atoms with Crippen molar-refractivity contribution in [2.24, 2.45) is 7.05 Å². The van der Waals surface area contributed by atoms with Crippen molar-refractivity contribution < 1.29 is 4.74 Å². The number of thioether (sulfide) groups is 2. The Kier molecular flexibility index (Phi) is 9.07. The lowest BCUT2D eigenvalue weighted by Crippen LogP contribution is -2.22. The highest BCUT2D eigenvalue weighted by molar-refractivity contribution is 9.10. The smallest absolute Gasteiger partial charge is 0.272 e. The number of halogens is 1. The van der Waals surface area contributed by atoms with E-state index in [0.717, 1.165) is 26.7 Å². The molecule has 0 aliphatic heterocycles. The predicted molar refractivity (Wildman–Crippen MR) is 146 cm³/mol. The fourth-order valence-electron chi connectivity index (χ4n) is 3.05. The van der Waals surface area contributed by atoms with Crippen LogP contribution in [0.15, 0.2) is 35.1 Å². The van der Waals surface area contributed by atoms with E-state index < -0.39 is 0 Å². The van der Waals surface area contributed by atoms with Crippen LogP contribution in [0.1, 0.15) is 27.2 Å². The second kappa shape index (κ2) is 11.4. The van der Waals surface area contributed by atoms with Crippen molar-refractivity contribution in [1.82, 2.24) is 19.1 Å². The zero-order valence-corrected chi connectivity index (χ0v) is 24.0. The fourth-order valence-corrected chi connectivity index (χ4v) is 6.57. The Bertz CT molecular complexity index is 1390. The summed E-state index contributed by atoms with van der Waals surface area (Å²) < 4.78 is 11.3. The highest BCUT2D eigenvalue weighted by Gasteiger charge is 2.16. The Morgan fingerprint density at radius 1 is 1.03 bits per heavy atom. The number of fused-ring (bicyclic) bond motifs is 2. The summed E-state index contributed by atoms with van der Waals surface area (Å²) in [5.74, 6) is 0.714. The molecule has 0 amide bonds. The molecule has 0 aromatic carbocycles. The third-order valence-corrected chi connectivity index (χ3v) is 8.71. The Hall–Kier alpha value is -1.34. The molecule has 0 N–H and O–H groups in total. The van der Waals surface area contributed by atoms with Crippen LogP contribution in [0.2, 0.25) is 0 Å². The van der Waals surface area contributed by atoms with E-state index in [2.05, 4.69) is 32.8 Å². The molecule has 33 heavy (non-hydrogen) atoms. The molecule has 4 heterocycles. The molecule has 0 bridgehead atoms. The minimum Gasteiger partial charge on any atom is -0.488 e. The fraction of sp³-hybridized carbons (Fsp3) is 0.429. The number of aromatic nitrogens is 4. The molecule has 0 atom stereocenters. The van der Waals surface area contributed by atoms with Gasteiger partial charge in [0.25, 0.3) is 11.1 Å². The van der Waals surface area contributed by atoms with Crippen molar-refractivity contribution in [3.05, 3.63) is 35.9 Å². The minimum atomic E-state index is 0.0232. The molecule has 0 saturated carbocycles. The van der Waals surface area contributed by atoms with Gasteiger partial charge in [-0.2, -0.15) is 0 Å². The first kappa shape index (κ1) is 26.3. The SMILES string of the molecule is CCCn1c(SC)nc2c(OC(C)C)csc2c1=O.CSc1nc2c(Br)csc2c(=O)n1C. The van der Waals surface area contributed by atoms with Gasteiger partial charge in [0.2, 0.25) is 0 Å². The molecule has 0 spiro atoms. The topological polar surface area (TPSA) is 79.0 Å². The number of hydrogen-bond donors (Lipinski definition) is 0. The van der Waals surface area contributed by atoms with Gasteiger partial charge in [0.15, 0.2) is 16.1 Å². The molecule has 0 radical (unpaired) electrons. The first-order valence-corrected chi connectivity index (χ1v) is 15.1. The quantitative estimate of drug-likeness (QED) is 0.206. The number of ether oxygens (including phenoxy) is 1. The van der Waals surface area contributed by atoms with Crippen LogP contribution in [0, 0.1) is 0 Å². The van der Waals surface area contributed by atoms with Gasteiger partial charge in [0.05, 0.1) is 10.6 Å². The predicted octanol–water partition coefficient (Wildman–Crippen LogP) is 5.86. The van der Waals surface area contributed by atoms with Crippen LogP contribution < -0.4 is 15.9 Å². The van der Waals surface area contributed by atoms with E-state index in [9.17, 15) is 9.59 Å². The van der Waals surface area contributed by atoms with Crippen LogP contribution in [0.4, 0.5) is 0 Å². The molecule has 4 rings (SSSR count). The normalized spacial score (nSPS) is 11.3.